The molecule has 0 bridgehead atoms. The fourth-order valence-electron chi connectivity index (χ4n) is 5.11. The van der Waals surface area contributed by atoms with Crippen LogP contribution < -0.4 is 9.64 Å². The van der Waals surface area contributed by atoms with E-state index in [9.17, 15) is 9.59 Å². The summed E-state index contributed by atoms with van der Waals surface area (Å²) >= 11 is 6.15. The largest absolute Gasteiger partial charge is 0.497 e. The Morgan fingerprint density at radius 1 is 0.829 bits per heavy atom. The molecule has 6 nitrogen and oxygen atoms in total. The van der Waals surface area contributed by atoms with E-state index in [1.807, 2.05) is 18.2 Å². The van der Waals surface area contributed by atoms with Crippen molar-refractivity contribution in [3.05, 3.63) is 95.0 Å². The number of carbonyl (C=O) groups is 2. The van der Waals surface area contributed by atoms with Gasteiger partial charge in [0.05, 0.1) is 31.3 Å². The van der Waals surface area contributed by atoms with Gasteiger partial charge >= 0.3 is 0 Å². The number of methoxy groups -OCH3 is 1. The number of halogens is 1. The van der Waals surface area contributed by atoms with Crippen LogP contribution in [-0.4, -0.2) is 60.9 Å². The maximum atomic E-state index is 13.3. The van der Waals surface area contributed by atoms with Crippen LogP contribution in [0.5, 0.6) is 5.75 Å². The van der Waals surface area contributed by atoms with Gasteiger partial charge in [0.15, 0.2) is 0 Å². The molecule has 2 heterocycles. The normalized spacial score (nSPS) is 20.3. The standard InChI is InChI=1S/C28H28ClN3O3/c1-35-24-13-11-23(12-14-24)32-26(33)19-25(28(32)34)30-15-17-31(18-16-30)27(20-5-3-2-4-6-20)21-7-9-22(29)10-8-21/h2-14,25,27H,15-19H2,1H3/t25-,27+/m1/s1. The molecule has 2 saturated heterocycles. The molecule has 3 aromatic rings. The van der Waals surface area contributed by atoms with E-state index in [0.717, 1.165) is 31.2 Å². The van der Waals surface area contributed by atoms with E-state index in [-0.39, 0.29) is 24.3 Å². The van der Waals surface area contributed by atoms with Gasteiger partial charge in [-0.2, -0.15) is 0 Å². The fourth-order valence-corrected chi connectivity index (χ4v) is 5.23. The predicted molar refractivity (Wildman–Crippen MR) is 137 cm³/mol. The van der Waals surface area contributed by atoms with E-state index in [1.54, 1.807) is 31.4 Å². The molecule has 0 unspecified atom stereocenters. The van der Waals surface area contributed by atoms with Crippen molar-refractivity contribution < 1.29 is 14.3 Å². The van der Waals surface area contributed by atoms with E-state index in [0.29, 0.717) is 11.4 Å². The number of benzene rings is 3. The third-order valence-corrected chi connectivity index (χ3v) is 7.16. The van der Waals surface area contributed by atoms with Crippen molar-refractivity contribution in [3.63, 3.8) is 0 Å². The highest BCUT2D eigenvalue weighted by Crippen LogP contribution is 2.32. The molecule has 0 N–H and O–H groups in total. The highest BCUT2D eigenvalue weighted by molar-refractivity contribution is 6.30. The van der Waals surface area contributed by atoms with Gasteiger partial charge in [0.25, 0.3) is 5.91 Å². The molecule has 2 fully saturated rings. The molecule has 2 aliphatic rings. The third-order valence-electron chi connectivity index (χ3n) is 6.91. The van der Waals surface area contributed by atoms with E-state index in [2.05, 4.69) is 46.2 Å². The van der Waals surface area contributed by atoms with E-state index in [4.69, 9.17) is 16.3 Å². The van der Waals surface area contributed by atoms with Crippen LogP contribution in [0.15, 0.2) is 78.9 Å². The molecule has 35 heavy (non-hydrogen) atoms. The Hall–Kier alpha value is -3.19. The topological polar surface area (TPSA) is 53.1 Å². The summed E-state index contributed by atoms with van der Waals surface area (Å²) in [5, 5.41) is 0.719. The number of anilines is 1. The summed E-state index contributed by atoms with van der Waals surface area (Å²) in [5.41, 5.74) is 3.00. The van der Waals surface area contributed by atoms with Crippen molar-refractivity contribution in [2.45, 2.75) is 18.5 Å². The molecule has 2 atom stereocenters. The Balaban J connectivity index is 1.30. The minimum absolute atomic E-state index is 0.104. The predicted octanol–water partition coefficient (Wildman–Crippen LogP) is 4.39. The second-order valence-corrected chi connectivity index (χ2v) is 9.36. The molecule has 0 radical (unpaired) electrons. The monoisotopic (exact) mass is 489 g/mol. The number of hydrogen-bond acceptors (Lipinski definition) is 5. The highest BCUT2D eigenvalue weighted by Gasteiger charge is 2.43. The number of rotatable bonds is 6. The molecule has 0 spiro atoms. The number of carbonyl (C=O) groups excluding carboxylic acids is 2. The second kappa shape index (κ2) is 10.2. The number of imide groups is 1. The average molecular weight is 490 g/mol. The molecule has 5 rings (SSSR count). The van der Waals surface area contributed by atoms with Crippen LogP contribution in [0, 0.1) is 0 Å². The maximum absolute atomic E-state index is 13.3. The first kappa shape index (κ1) is 23.5. The van der Waals surface area contributed by atoms with E-state index >= 15 is 0 Å². The van der Waals surface area contributed by atoms with E-state index in [1.165, 1.54) is 16.0 Å². The Morgan fingerprint density at radius 2 is 1.46 bits per heavy atom. The second-order valence-electron chi connectivity index (χ2n) is 8.92. The average Bonchev–Trinajstić information content (AvgIpc) is 3.20. The van der Waals surface area contributed by atoms with Crippen molar-refractivity contribution in [1.29, 1.82) is 0 Å². The van der Waals surface area contributed by atoms with Gasteiger partial charge in [-0.25, -0.2) is 4.90 Å². The quantitative estimate of drug-likeness (QED) is 0.481. The Morgan fingerprint density at radius 3 is 2.09 bits per heavy atom. The van der Waals surface area contributed by atoms with Crippen LogP contribution in [0.4, 0.5) is 5.69 Å². The minimum Gasteiger partial charge on any atom is -0.497 e. The molecule has 0 aliphatic carbocycles. The highest BCUT2D eigenvalue weighted by atomic mass is 35.5. The van der Waals surface area contributed by atoms with Crippen LogP contribution >= 0.6 is 11.6 Å². The summed E-state index contributed by atoms with van der Waals surface area (Å²) < 4.78 is 5.19. The van der Waals surface area contributed by atoms with E-state index < -0.39 is 6.04 Å². The zero-order valence-electron chi connectivity index (χ0n) is 19.6. The van der Waals surface area contributed by atoms with Gasteiger partial charge in [-0.3, -0.25) is 19.4 Å². The molecule has 7 heteroatoms. The summed E-state index contributed by atoms with van der Waals surface area (Å²) in [7, 11) is 1.59. The van der Waals surface area contributed by atoms with Crippen LogP contribution in [0.1, 0.15) is 23.6 Å². The maximum Gasteiger partial charge on any atom is 0.251 e. The molecular weight excluding hydrogens is 462 g/mol. The van der Waals surface area contributed by atoms with Gasteiger partial charge < -0.3 is 4.74 Å². The lowest BCUT2D eigenvalue weighted by molar-refractivity contribution is -0.123. The summed E-state index contributed by atoms with van der Waals surface area (Å²) in [5.74, 6) is 0.385. The molecule has 2 amide bonds. The summed E-state index contributed by atoms with van der Waals surface area (Å²) in [6.45, 7) is 3.03. The summed E-state index contributed by atoms with van der Waals surface area (Å²) in [6, 6.07) is 25.2. The molecule has 0 aromatic heterocycles. The number of amides is 2. The summed E-state index contributed by atoms with van der Waals surface area (Å²) in [6.07, 6.45) is 0.212. The SMILES string of the molecule is COc1ccc(N2C(=O)C[C@@H](N3CCN([C@@H](c4ccccc4)c4ccc(Cl)cc4)CC3)C2=O)cc1. The Labute approximate surface area is 210 Å². The first-order valence-corrected chi connectivity index (χ1v) is 12.2. The third kappa shape index (κ3) is 4.82. The van der Waals surface area contributed by atoms with Crippen molar-refractivity contribution in [1.82, 2.24) is 9.80 Å². The molecule has 180 valence electrons. The van der Waals surface area contributed by atoms with Gasteiger partial charge in [0.1, 0.15) is 5.75 Å². The number of hydrogen-bond donors (Lipinski definition) is 0. The lowest BCUT2D eigenvalue weighted by atomic mass is 9.96. The van der Waals surface area contributed by atoms with Crippen molar-refractivity contribution in [2.24, 2.45) is 0 Å². The smallest absolute Gasteiger partial charge is 0.251 e. The zero-order valence-corrected chi connectivity index (χ0v) is 20.4. The van der Waals surface area contributed by atoms with Gasteiger partial charge in [-0.05, 0) is 47.5 Å². The van der Waals surface area contributed by atoms with Gasteiger partial charge in [0.2, 0.25) is 5.91 Å². The molecule has 3 aromatic carbocycles. The molecular formula is C28H28ClN3O3. The Bertz CT molecular complexity index is 1180. The lowest BCUT2D eigenvalue weighted by Crippen LogP contribution is -2.53. The number of ether oxygens (including phenoxy) is 1. The van der Waals surface area contributed by atoms with Crippen LogP contribution in [0.2, 0.25) is 5.02 Å². The van der Waals surface area contributed by atoms with Gasteiger partial charge in [-0.1, -0.05) is 54.1 Å². The van der Waals surface area contributed by atoms with Crippen LogP contribution in [0.25, 0.3) is 0 Å². The molecule has 0 saturated carbocycles. The summed E-state index contributed by atoms with van der Waals surface area (Å²) in [4.78, 5) is 32.0. The van der Waals surface area contributed by atoms with Crippen molar-refractivity contribution in [3.8, 4) is 5.75 Å². The van der Waals surface area contributed by atoms with Crippen LogP contribution in [0.3, 0.4) is 0 Å². The zero-order chi connectivity index (χ0) is 24.4. The van der Waals surface area contributed by atoms with Gasteiger partial charge in [-0.15, -0.1) is 0 Å². The van der Waals surface area contributed by atoms with Crippen molar-refractivity contribution in [2.75, 3.05) is 38.2 Å². The number of nitrogens with zero attached hydrogens (tertiary/aromatic N) is 3. The number of piperazine rings is 1. The first-order valence-electron chi connectivity index (χ1n) is 11.8. The lowest BCUT2D eigenvalue weighted by Gasteiger charge is -2.41. The molecule has 2 aliphatic heterocycles. The minimum atomic E-state index is -0.419. The Kier molecular flexibility index (Phi) is 6.86. The van der Waals surface area contributed by atoms with Crippen LogP contribution in [-0.2, 0) is 9.59 Å². The van der Waals surface area contributed by atoms with Gasteiger partial charge in [0, 0.05) is 31.2 Å². The first-order chi connectivity index (χ1) is 17.0. The fraction of sp³-hybridized carbons (Fsp3) is 0.286. The van der Waals surface area contributed by atoms with Crippen molar-refractivity contribution >= 4 is 29.1 Å².